The molecule has 1 N–H and O–H groups in total. The molecule has 0 radical (unpaired) electrons. The highest BCUT2D eigenvalue weighted by atomic mass is 35.5. The van der Waals surface area contributed by atoms with Crippen LogP contribution in [0.5, 0.6) is 0 Å². The second-order valence-electron chi connectivity index (χ2n) is 4.40. The Labute approximate surface area is 138 Å². The molecule has 2 aromatic rings. The van der Waals surface area contributed by atoms with E-state index in [9.17, 15) is 0 Å². The largest absolute Gasteiger partial charge is 0.376 e. The Balaban J connectivity index is 2.32. The van der Waals surface area contributed by atoms with E-state index in [4.69, 9.17) is 46.4 Å². The third-order valence-corrected chi connectivity index (χ3v) is 4.03. The van der Waals surface area contributed by atoms with E-state index in [1.807, 2.05) is 24.3 Å². The number of rotatable bonds is 4. The smallest absolute Gasteiger partial charge is 0.0724 e. The van der Waals surface area contributed by atoms with E-state index in [0.717, 1.165) is 12.0 Å². The molecule has 0 aliphatic heterocycles. The number of hydrogen-bond donors (Lipinski definition) is 1. The van der Waals surface area contributed by atoms with Crippen LogP contribution >= 0.6 is 46.4 Å². The minimum absolute atomic E-state index is 0.0740. The van der Waals surface area contributed by atoms with Gasteiger partial charge in [-0.05, 0) is 36.2 Å². The summed E-state index contributed by atoms with van der Waals surface area (Å²) in [4.78, 5) is 0. The van der Waals surface area contributed by atoms with Crippen LogP contribution < -0.4 is 5.32 Å². The molecular formula is C15H13Cl4N. The topological polar surface area (TPSA) is 12.0 Å². The standard InChI is InChI=1S/C15H13Cl4N/c1-2-14(9-4-3-5-10(16)6-9)20-15-12(18)7-11(17)8-13(15)19/h3-8,14,20H,2H2,1H3. The van der Waals surface area contributed by atoms with E-state index in [1.54, 1.807) is 12.1 Å². The van der Waals surface area contributed by atoms with Gasteiger partial charge >= 0.3 is 0 Å². The third kappa shape index (κ3) is 3.73. The van der Waals surface area contributed by atoms with Crippen LogP contribution in [0.15, 0.2) is 36.4 Å². The highest BCUT2D eigenvalue weighted by Crippen LogP contribution is 2.36. The van der Waals surface area contributed by atoms with Crippen LogP contribution in [0.2, 0.25) is 20.1 Å². The van der Waals surface area contributed by atoms with Gasteiger partial charge in [-0.15, -0.1) is 0 Å². The van der Waals surface area contributed by atoms with E-state index >= 15 is 0 Å². The summed E-state index contributed by atoms with van der Waals surface area (Å²) in [7, 11) is 0. The molecule has 0 amide bonds. The molecule has 1 nitrogen and oxygen atoms in total. The van der Waals surface area contributed by atoms with Crippen molar-refractivity contribution in [1.82, 2.24) is 0 Å². The highest BCUT2D eigenvalue weighted by molar-refractivity contribution is 6.41. The summed E-state index contributed by atoms with van der Waals surface area (Å²) in [5.41, 5.74) is 1.77. The molecule has 0 aromatic heterocycles. The van der Waals surface area contributed by atoms with Crippen LogP contribution in [0.25, 0.3) is 0 Å². The number of benzene rings is 2. The summed E-state index contributed by atoms with van der Waals surface area (Å²) >= 11 is 24.3. The summed E-state index contributed by atoms with van der Waals surface area (Å²) in [5, 5.41) is 5.58. The maximum Gasteiger partial charge on any atom is 0.0724 e. The molecule has 1 unspecified atom stereocenters. The number of halogens is 4. The maximum absolute atomic E-state index is 6.20. The molecule has 1 atom stereocenters. The van der Waals surface area contributed by atoms with E-state index in [0.29, 0.717) is 25.8 Å². The summed E-state index contributed by atoms with van der Waals surface area (Å²) in [6, 6.07) is 11.1. The molecule has 0 fully saturated rings. The van der Waals surface area contributed by atoms with E-state index < -0.39 is 0 Å². The van der Waals surface area contributed by atoms with Gasteiger partial charge in [0.2, 0.25) is 0 Å². The van der Waals surface area contributed by atoms with E-state index in [-0.39, 0.29) is 6.04 Å². The predicted octanol–water partition coefficient (Wildman–Crippen LogP) is 6.86. The van der Waals surface area contributed by atoms with Gasteiger partial charge in [0.25, 0.3) is 0 Å². The van der Waals surface area contributed by atoms with Crippen LogP contribution in [0, 0.1) is 0 Å². The number of anilines is 1. The zero-order valence-corrected chi connectivity index (χ0v) is 13.8. The Morgan fingerprint density at radius 2 is 1.60 bits per heavy atom. The van der Waals surface area contributed by atoms with Crippen molar-refractivity contribution in [3.05, 3.63) is 62.1 Å². The molecule has 20 heavy (non-hydrogen) atoms. The van der Waals surface area contributed by atoms with Crippen molar-refractivity contribution in [2.45, 2.75) is 19.4 Å². The molecular weight excluding hydrogens is 336 g/mol. The predicted molar refractivity (Wildman–Crippen MR) is 89.6 cm³/mol. The molecule has 0 saturated carbocycles. The summed E-state index contributed by atoms with van der Waals surface area (Å²) < 4.78 is 0. The zero-order chi connectivity index (χ0) is 14.7. The summed E-state index contributed by atoms with van der Waals surface area (Å²) in [6.45, 7) is 2.08. The third-order valence-electron chi connectivity index (χ3n) is 2.98. The zero-order valence-electron chi connectivity index (χ0n) is 10.8. The lowest BCUT2D eigenvalue weighted by Crippen LogP contribution is -2.10. The molecule has 0 saturated heterocycles. The average Bonchev–Trinajstić information content (AvgIpc) is 2.38. The minimum atomic E-state index is 0.0740. The molecule has 0 aliphatic carbocycles. The second kappa shape index (κ2) is 6.91. The number of nitrogens with one attached hydrogen (secondary N) is 1. The second-order valence-corrected chi connectivity index (χ2v) is 6.09. The lowest BCUT2D eigenvalue weighted by atomic mass is 10.0. The molecule has 0 heterocycles. The normalized spacial score (nSPS) is 12.2. The fraction of sp³-hybridized carbons (Fsp3) is 0.200. The highest BCUT2D eigenvalue weighted by Gasteiger charge is 2.14. The number of hydrogen-bond acceptors (Lipinski definition) is 1. The monoisotopic (exact) mass is 347 g/mol. The first-order chi connectivity index (χ1) is 9.51. The van der Waals surface area contributed by atoms with Gasteiger partial charge in [0.15, 0.2) is 0 Å². The first-order valence-electron chi connectivity index (χ1n) is 6.17. The Morgan fingerprint density at radius 1 is 0.950 bits per heavy atom. The maximum atomic E-state index is 6.20. The first-order valence-corrected chi connectivity index (χ1v) is 7.69. The SMILES string of the molecule is CCC(Nc1c(Cl)cc(Cl)cc1Cl)c1cccc(Cl)c1. The fourth-order valence-corrected chi connectivity index (χ4v) is 3.12. The van der Waals surface area contributed by atoms with Gasteiger partial charge in [-0.25, -0.2) is 0 Å². The van der Waals surface area contributed by atoms with Gasteiger partial charge in [0, 0.05) is 10.0 Å². The Morgan fingerprint density at radius 3 is 2.15 bits per heavy atom. The lowest BCUT2D eigenvalue weighted by molar-refractivity contribution is 0.749. The van der Waals surface area contributed by atoms with Gasteiger partial charge < -0.3 is 5.32 Å². The van der Waals surface area contributed by atoms with Crippen LogP contribution in [0.3, 0.4) is 0 Å². The van der Waals surface area contributed by atoms with Crippen LogP contribution in [0.4, 0.5) is 5.69 Å². The van der Waals surface area contributed by atoms with Crippen molar-refractivity contribution in [2.75, 3.05) is 5.32 Å². The van der Waals surface area contributed by atoms with Crippen molar-refractivity contribution in [3.8, 4) is 0 Å². The van der Waals surface area contributed by atoms with Gasteiger partial charge in [-0.1, -0.05) is 65.5 Å². The molecule has 106 valence electrons. The van der Waals surface area contributed by atoms with Gasteiger partial charge in [0.1, 0.15) is 0 Å². The molecule has 2 aromatic carbocycles. The van der Waals surface area contributed by atoms with Crippen LogP contribution in [-0.2, 0) is 0 Å². The van der Waals surface area contributed by atoms with Gasteiger partial charge in [0.05, 0.1) is 21.8 Å². The Bertz CT molecular complexity index is 590. The average molecular weight is 349 g/mol. The molecule has 0 bridgehead atoms. The van der Waals surface area contributed by atoms with Gasteiger partial charge in [-0.3, -0.25) is 0 Å². The summed E-state index contributed by atoms with van der Waals surface area (Å²) in [6.07, 6.45) is 0.871. The van der Waals surface area contributed by atoms with Crippen molar-refractivity contribution in [1.29, 1.82) is 0 Å². The Kier molecular flexibility index (Phi) is 5.45. The van der Waals surface area contributed by atoms with Crippen LogP contribution in [0.1, 0.15) is 24.9 Å². The van der Waals surface area contributed by atoms with Crippen molar-refractivity contribution in [2.24, 2.45) is 0 Å². The molecule has 5 heteroatoms. The van der Waals surface area contributed by atoms with Crippen LogP contribution in [-0.4, -0.2) is 0 Å². The fourth-order valence-electron chi connectivity index (χ4n) is 2.00. The minimum Gasteiger partial charge on any atom is -0.376 e. The van der Waals surface area contributed by atoms with Crippen molar-refractivity contribution >= 4 is 52.1 Å². The van der Waals surface area contributed by atoms with E-state index in [2.05, 4.69) is 12.2 Å². The molecule has 0 spiro atoms. The van der Waals surface area contributed by atoms with Gasteiger partial charge in [-0.2, -0.15) is 0 Å². The van der Waals surface area contributed by atoms with E-state index in [1.165, 1.54) is 0 Å². The summed E-state index contributed by atoms with van der Waals surface area (Å²) in [5.74, 6) is 0. The molecule has 0 aliphatic rings. The van der Waals surface area contributed by atoms with Crippen molar-refractivity contribution < 1.29 is 0 Å². The van der Waals surface area contributed by atoms with Crippen molar-refractivity contribution in [3.63, 3.8) is 0 Å². The molecule has 2 rings (SSSR count). The Hall–Kier alpha value is -0.600. The first kappa shape index (κ1) is 15.8. The lowest BCUT2D eigenvalue weighted by Gasteiger charge is -2.21. The quantitative estimate of drug-likeness (QED) is 0.636.